The first-order chi connectivity index (χ1) is 9.20. The minimum atomic E-state index is -1.04. The highest BCUT2D eigenvalue weighted by Crippen LogP contribution is 2.18. The Labute approximate surface area is 121 Å². The van der Waals surface area contributed by atoms with Crippen LogP contribution < -0.4 is 5.32 Å². The van der Waals surface area contributed by atoms with Gasteiger partial charge in [-0.15, -0.1) is 0 Å². The van der Waals surface area contributed by atoms with Gasteiger partial charge in [0.05, 0.1) is 10.8 Å². The molecule has 19 heavy (non-hydrogen) atoms. The van der Waals surface area contributed by atoms with Crippen LogP contribution in [0.3, 0.4) is 0 Å². The lowest BCUT2D eigenvalue weighted by molar-refractivity contribution is 0.635. The molecule has 0 fully saturated rings. The predicted octanol–water partition coefficient (Wildman–Crippen LogP) is 3.41. The molecule has 0 aliphatic heterocycles. The third-order valence-electron chi connectivity index (χ3n) is 2.94. The van der Waals surface area contributed by atoms with Crippen molar-refractivity contribution in [3.05, 3.63) is 65.2 Å². The Morgan fingerprint density at radius 3 is 2.32 bits per heavy atom. The average Bonchev–Trinajstić information content (AvgIpc) is 2.46. The minimum Gasteiger partial charge on any atom is -0.312 e. The zero-order valence-corrected chi connectivity index (χ0v) is 12.2. The lowest BCUT2D eigenvalue weighted by Gasteiger charge is -2.16. The fourth-order valence-electron chi connectivity index (χ4n) is 1.87. The molecule has 0 aliphatic rings. The molecule has 0 radical (unpaired) electrons. The van der Waals surface area contributed by atoms with Crippen LogP contribution >= 0.6 is 11.6 Å². The second-order valence-electron chi connectivity index (χ2n) is 4.22. The molecule has 0 saturated carbocycles. The van der Waals surface area contributed by atoms with Gasteiger partial charge in [-0.05, 0) is 36.9 Å². The van der Waals surface area contributed by atoms with E-state index in [4.69, 9.17) is 11.6 Å². The van der Waals surface area contributed by atoms with Gasteiger partial charge < -0.3 is 5.32 Å². The molecule has 2 nitrogen and oxygen atoms in total. The van der Waals surface area contributed by atoms with Crippen molar-refractivity contribution in [1.29, 1.82) is 0 Å². The first-order valence-electron chi connectivity index (χ1n) is 6.07. The highest BCUT2D eigenvalue weighted by atomic mass is 35.5. The number of hydrogen-bond donors (Lipinski definition) is 1. The van der Waals surface area contributed by atoms with Crippen molar-refractivity contribution in [3.8, 4) is 0 Å². The maximum absolute atomic E-state index is 12.3. The van der Waals surface area contributed by atoms with Gasteiger partial charge in [0, 0.05) is 21.7 Å². The number of nitrogens with one attached hydrogen (secondary N) is 1. The number of hydrogen-bond acceptors (Lipinski definition) is 2. The van der Waals surface area contributed by atoms with Crippen molar-refractivity contribution < 1.29 is 4.21 Å². The van der Waals surface area contributed by atoms with E-state index >= 15 is 0 Å². The van der Waals surface area contributed by atoms with Gasteiger partial charge in [-0.25, -0.2) is 0 Å². The van der Waals surface area contributed by atoms with Crippen LogP contribution in [0.4, 0.5) is 0 Å². The molecule has 2 aromatic rings. The molecule has 0 spiro atoms. The van der Waals surface area contributed by atoms with Crippen molar-refractivity contribution in [1.82, 2.24) is 5.32 Å². The predicted molar refractivity (Wildman–Crippen MR) is 81.0 cm³/mol. The molecular weight excluding hydrogens is 278 g/mol. The van der Waals surface area contributed by atoms with Gasteiger partial charge in [-0.2, -0.15) is 0 Å². The zero-order chi connectivity index (χ0) is 13.7. The summed E-state index contributed by atoms with van der Waals surface area (Å²) in [5.74, 6) is 0.544. The van der Waals surface area contributed by atoms with Crippen LogP contribution in [0.5, 0.6) is 0 Å². The van der Waals surface area contributed by atoms with E-state index in [0.717, 1.165) is 10.5 Å². The summed E-state index contributed by atoms with van der Waals surface area (Å²) in [6.45, 7) is 0. The van der Waals surface area contributed by atoms with Gasteiger partial charge in [-0.1, -0.05) is 41.9 Å². The second kappa shape index (κ2) is 6.85. The van der Waals surface area contributed by atoms with Gasteiger partial charge in [0.15, 0.2) is 0 Å². The fourth-order valence-corrected chi connectivity index (χ4v) is 3.29. The molecule has 0 bridgehead atoms. The second-order valence-corrected chi connectivity index (χ2v) is 6.15. The molecule has 0 amide bonds. The van der Waals surface area contributed by atoms with Crippen molar-refractivity contribution in [3.63, 3.8) is 0 Å². The number of halogens is 1. The Morgan fingerprint density at radius 1 is 1.11 bits per heavy atom. The summed E-state index contributed by atoms with van der Waals surface area (Å²) in [6.07, 6.45) is 0. The van der Waals surface area contributed by atoms with Gasteiger partial charge in [0.1, 0.15) is 0 Å². The molecule has 2 rings (SSSR count). The molecular formula is C15H16ClNOS. The number of rotatable bonds is 5. The molecule has 0 aromatic heterocycles. The Balaban J connectivity index is 2.10. The van der Waals surface area contributed by atoms with E-state index in [9.17, 15) is 4.21 Å². The van der Waals surface area contributed by atoms with E-state index in [1.165, 1.54) is 0 Å². The Hall–Kier alpha value is -1.16. The van der Waals surface area contributed by atoms with E-state index < -0.39 is 10.8 Å². The van der Waals surface area contributed by atoms with Crippen molar-refractivity contribution >= 4 is 22.4 Å². The zero-order valence-electron chi connectivity index (χ0n) is 10.7. The summed E-state index contributed by atoms with van der Waals surface area (Å²) in [6, 6.07) is 17.3. The SMILES string of the molecule is CNC(CS(=O)c1ccc(Cl)cc1)c1ccccc1. The van der Waals surface area contributed by atoms with Crippen LogP contribution in [0.2, 0.25) is 5.02 Å². The van der Waals surface area contributed by atoms with Crippen LogP contribution in [0.25, 0.3) is 0 Å². The lowest BCUT2D eigenvalue weighted by atomic mass is 10.1. The molecule has 2 atom stereocenters. The summed E-state index contributed by atoms with van der Waals surface area (Å²) in [5, 5.41) is 3.87. The first-order valence-corrected chi connectivity index (χ1v) is 7.76. The summed E-state index contributed by atoms with van der Waals surface area (Å²) >= 11 is 5.83. The molecule has 1 N–H and O–H groups in total. The summed E-state index contributed by atoms with van der Waals surface area (Å²) in [4.78, 5) is 0.806. The highest BCUT2D eigenvalue weighted by molar-refractivity contribution is 7.85. The standard InChI is InChI=1S/C15H16ClNOS/c1-17-15(12-5-3-2-4-6-12)11-19(18)14-9-7-13(16)8-10-14/h2-10,15,17H,11H2,1H3. The van der Waals surface area contributed by atoms with E-state index in [1.54, 1.807) is 12.1 Å². The van der Waals surface area contributed by atoms with Crippen LogP contribution in [0.15, 0.2) is 59.5 Å². The number of benzene rings is 2. The van der Waals surface area contributed by atoms with Crippen LogP contribution in [0, 0.1) is 0 Å². The Kier molecular flexibility index (Phi) is 5.14. The maximum atomic E-state index is 12.3. The van der Waals surface area contributed by atoms with E-state index in [1.807, 2.05) is 49.5 Å². The first kappa shape index (κ1) is 14.3. The fraction of sp³-hybridized carbons (Fsp3) is 0.200. The molecule has 0 saturated heterocycles. The molecule has 0 heterocycles. The van der Waals surface area contributed by atoms with E-state index in [-0.39, 0.29) is 6.04 Å². The van der Waals surface area contributed by atoms with Crippen molar-refractivity contribution in [2.45, 2.75) is 10.9 Å². The maximum Gasteiger partial charge on any atom is 0.0548 e. The van der Waals surface area contributed by atoms with Gasteiger partial charge in [-0.3, -0.25) is 4.21 Å². The Morgan fingerprint density at radius 2 is 1.74 bits per heavy atom. The molecule has 0 aliphatic carbocycles. The van der Waals surface area contributed by atoms with Gasteiger partial charge in [0.25, 0.3) is 0 Å². The third-order valence-corrected chi connectivity index (χ3v) is 4.63. The smallest absolute Gasteiger partial charge is 0.0548 e. The normalized spacial score (nSPS) is 14.0. The molecule has 2 aromatic carbocycles. The topological polar surface area (TPSA) is 29.1 Å². The van der Waals surface area contributed by atoms with Gasteiger partial charge >= 0.3 is 0 Å². The average molecular weight is 294 g/mol. The van der Waals surface area contributed by atoms with E-state index in [0.29, 0.717) is 10.8 Å². The van der Waals surface area contributed by atoms with Gasteiger partial charge in [0.2, 0.25) is 0 Å². The Bertz CT molecular complexity index is 542. The third kappa shape index (κ3) is 3.90. The monoisotopic (exact) mass is 293 g/mol. The quantitative estimate of drug-likeness (QED) is 0.915. The molecule has 4 heteroatoms. The molecule has 100 valence electrons. The van der Waals surface area contributed by atoms with Crippen molar-refractivity contribution in [2.24, 2.45) is 0 Å². The summed E-state index contributed by atoms with van der Waals surface area (Å²) < 4.78 is 12.3. The largest absolute Gasteiger partial charge is 0.312 e. The lowest BCUT2D eigenvalue weighted by Crippen LogP contribution is -2.22. The van der Waals surface area contributed by atoms with Crippen LogP contribution in [-0.4, -0.2) is 17.0 Å². The van der Waals surface area contributed by atoms with Crippen LogP contribution in [0.1, 0.15) is 11.6 Å². The van der Waals surface area contributed by atoms with E-state index in [2.05, 4.69) is 5.32 Å². The van der Waals surface area contributed by atoms with Crippen molar-refractivity contribution in [2.75, 3.05) is 12.8 Å². The minimum absolute atomic E-state index is 0.0812. The van der Waals surface area contributed by atoms with Crippen LogP contribution in [-0.2, 0) is 10.8 Å². The highest BCUT2D eigenvalue weighted by Gasteiger charge is 2.14. The summed E-state index contributed by atoms with van der Waals surface area (Å²) in [7, 11) is 0.842. The molecule has 2 unspecified atom stereocenters. The summed E-state index contributed by atoms with van der Waals surface area (Å²) in [5.41, 5.74) is 1.15.